The minimum Gasteiger partial charge on any atom is -0.507 e. The van der Waals surface area contributed by atoms with Crippen LogP contribution in [0.3, 0.4) is 0 Å². The summed E-state index contributed by atoms with van der Waals surface area (Å²) in [5, 5.41) is 47.1. The number of primary amides is 1. The Balaban J connectivity index is 1.76. The van der Waals surface area contributed by atoms with Crippen LogP contribution in [0.15, 0.2) is 36.4 Å². The highest BCUT2D eigenvalue weighted by molar-refractivity contribution is 6.10. The topological polar surface area (TPSA) is 158 Å². The highest BCUT2D eigenvalue weighted by Crippen LogP contribution is 2.66. The summed E-state index contributed by atoms with van der Waals surface area (Å²) in [5.41, 5.74) is 3.63. The van der Waals surface area contributed by atoms with Crippen molar-refractivity contribution in [2.45, 2.75) is 78.1 Å². The maximum Gasteiger partial charge on any atom is 0.230 e. The Bertz CT molecular complexity index is 1430. The number of carbonyl (C=O) groups excluding carboxylic acids is 3. The Morgan fingerprint density at radius 1 is 1.05 bits per heavy atom. The highest BCUT2D eigenvalue weighted by atomic mass is 16.4. The SMILES string of the molecule is CC(C)c1cc(-c2ccccc2)c(O)c2c1C[C@]1(C)C[C@]3(C)[C@@H](C(C)C)C(O)[C@@H](C(N)=O)C(=O)[C@]3(O)C(O)[C@H]1C2=O. The first-order chi connectivity index (χ1) is 19.0. The van der Waals surface area contributed by atoms with Crippen LogP contribution in [0.25, 0.3) is 11.1 Å². The second-order valence-corrected chi connectivity index (χ2v) is 13.7. The van der Waals surface area contributed by atoms with E-state index in [9.17, 15) is 34.8 Å². The van der Waals surface area contributed by atoms with E-state index in [4.69, 9.17) is 5.73 Å². The summed E-state index contributed by atoms with van der Waals surface area (Å²) < 4.78 is 0. The number of rotatable bonds is 4. The third kappa shape index (κ3) is 3.80. The third-order valence-electron chi connectivity index (χ3n) is 10.5. The number of ketones is 2. The van der Waals surface area contributed by atoms with Gasteiger partial charge in [-0.15, -0.1) is 0 Å². The van der Waals surface area contributed by atoms with Crippen molar-refractivity contribution in [1.29, 1.82) is 0 Å². The van der Waals surface area contributed by atoms with Crippen molar-refractivity contribution in [3.05, 3.63) is 53.1 Å². The predicted octanol–water partition coefficient (Wildman–Crippen LogP) is 3.36. The van der Waals surface area contributed by atoms with Gasteiger partial charge >= 0.3 is 0 Å². The molecule has 1 amide bonds. The van der Waals surface area contributed by atoms with Gasteiger partial charge in [-0.05, 0) is 58.8 Å². The molecule has 0 heterocycles. The van der Waals surface area contributed by atoms with E-state index in [1.165, 1.54) is 0 Å². The van der Waals surface area contributed by atoms with Crippen molar-refractivity contribution in [2.24, 2.45) is 40.2 Å². The van der Waals surface area contributed by atoms with Gasteiger partial charge in [0, 0.05) is 11.0 Å². The Morgan fingerprint density at radius 2 is 1.66 bits per heavy atom. The molecule has 5 rings (SSSR count). The van der Waals surface area contributed by atoms with Crippen molar-refractivity contribution in [3.8, 4) is 16.9 Å². The smallest absolute Gasteiger partial charge is 0.230 e. The monoisotopic (exact) mass is 563 g/mol. The third-order valence-corrected chi connectivity index (χ3v) is 10.5. The van der Waals surface area contributed by atoms with Gasteiger partial charge in [-0.25, -0.2) is 0 Å². The predicted molar refractivity (Wildman–Crippen MR) is 153 cm³/mol. The molecule has 0 aliphatic heterocycles. The van der Waals surface area contributed by atoms with E-state index >= 15 is 0 Å². The molecule has 41 heavy (non-hydrogen) atoms. The average molecular weight is 564 g/mol. The second kappa shape index (κ2) is 9.48. The van der Waals surface area contributed by atoms with E-state index in [1.54, 1.807) is 6.92 Å². The molecule has 0 saturated heterocycles. The fourth-order valence-electron chi connectivity index (χ4n) is 8.98. The minimum absolute atomic E-state index is 0.0126. The summed E-state index contributed by atoms with van der Waals surface area (Å²) in [4.78, 5) is 40.8. The molecule has 0 spiro atoms. The van der Waals surface area contributed by atoms with Gasteiger partial charge in [0.05, 0.1) is 17.6 Å². The molecular formula is C33H41NO7. The number of benzene rings is 2. The number of hydrogen-bond donors (Lipinski definition) is 5. The van der Waals surface area contributed by atoms with Crippen molar-refractivity contribution in [1.82, 2.24) is 0 Å². The van der Waals surface area contributed by atoms with E-state index in [2.05, 4.69) is 0 Å². The highest BCUT2D eigenvalue weighted by Gasteiger charge is 2.76. The first-order valence-corrected chi connectivity index (χ1v) is 14.4. The van der Waals surface area contributed by atoms with Gasteiger partial charge in [0.15, 0.2) is 17.2 Å². The fraction of sp³-hybridized carbons (Fsp3) is 0.545. The molecule has 0 bridgehead atoms. The number of nitrogens with two attached hydrogens (primary N) is 1. The van der Waals surface area contributed by atoms with Gasteiger partial charge in [0.2, 0.25) is 5.91 Å². The number of aliphatic hydroxyl groups is 3. The van der Waals surface area contributed by atoms with Crippen LogP contribution in [0.1, 0.15) is 75.4 Å². The van der Waals surface area contributed by atoms with Gasteiger partial charge < -0.3 is 26.2 Å². The summed E-state index contributed by atoms with van der Waals surface area (Å²) >= 11 is 0. The molecule has 3 aliphatic carbocycles. The number of hydrogen-bond acceptors (Lipinski definition) is 7. The lowest BCUT2D eigenvalue weighted by molar-refractivity contribution is -0.265. The van der Waals surface area contributed by atoms with Crippen LogP contribution < -0.4 is 5.73 Å². The van der Waals surface area contributed by atoms with Gasteiger partial charge in [-0.3, -0.25) is 14.4 Å². The maximum absolute atomic E-state index is 14.5. The largest absolute Gasteiger partial charge is 0.507 e. The summed E-state index contributed by atoms with van der Waals surface area (Å²) in [5.74, 6) is -6.92. The van der Waals surface area contributed by atoms with Gasteiger partial charge in [0.1, 0.15) is 17.8 Å². The number of fused-ring (bicyclic) bond motifs is 3. The molecule has 2 aromatic carbocycles. The minimum atomic E-state index is -2.52. The molecule has 220 valence electrons. The molecule has 2 aromatic rings. The molecule has 8 nitrogen and oxygen atoms in total. The quantitative estimate of drug-likeness (QED) is 0.357. The summed E-state index contributed by atoms with van der Waals surface area (Å²) in [6.07, 6.45) is -2.91. The molecule has 6 N–H and O–H groups in total. The standard InChI is InChI=1S/C33H41NO7/c1-15(2)18-12-19(17-10-8-7-9-11-17)25(35)21-20(18)13-31(5)14-32(6)23(16(3)4)27(37)22(30(34)40)28(38)33(32,41)29(39)24(31)26(21)36/h7-12,15-16,22-24,27,29,35,37,39,41H,13-14H2,1-6H3,(H2,34,40)/t22-,23+,24-,27?,29?,31-,32-,33+/m1/s1. The number of aliphatic hydroxyl groups excluding tert-OH is 2. The Labute approximate surface area is 240 Å². The van der Waals surface area contributed by atoms with E-state index in [-0.39, 0.29) is 29.6 Å². The van der Waals surface area contributed by atoms with Crippen LogP contribution in [-0.2, 0) is 16.0 Å². The van der Waals surface area contributed by atoms with Gasteiger partial charge in [-0.1, -0.05) is 71.9 Å². The number of carbonyl (C=O) groups is 3. The van der Waals surface area contributed by atoms with Crippen LogP contribution in [0.5, 0.6) is 5.75 Å². The molecule has 0 aromatic heterocycles. The zero-order valence-electron chi connectivity index (χ0n) is 24.5. The first kappa shape index (κ1) is 29.4. The molecule has 2 fully saturated rings. The molecule has 0 radical (unpaired) electrons. The number of phenolic OH excluding ortho intramolecular Hbond substituents is 1. The van der Waals surface area contributed by atoms with E-state index in [0.29, 0.717) is 17.5 Å². The van der Waals surface area contributed by atoms with E-state index in [0.717, 1.165) is 11.1 Å². The van der Waals surface area contributed by atoms with Gasteiger partial charge in [0.25, 0.3) is 0 Å². The number of phenols is 1. The second-order valence-electron chi connectivity index (χ2n) is 13.7. The van der Waals surface area contributed by atoms with Crippen molar-refractivity contribution < 1.29 is 34.8 Å². The fourth-order valence-corrected chi connectivity index (χ4v) is 8.98. The molecule has 2 unspecified atom stereocenters. The zero-order chi connectivity index (χ0) is 30.4. The lowest BCUT2D eigenvalue weighted by Gasteiger charge is -2.66. The lowest BCUT2D eigenvalue weighted by Crippen LogP contribution is -2.79. The van der Waals surface area contributed by atoms with Crippen LogP contribution >= 0.6 is 0 Å². The number of aromatic hydroxyl groups is 1. The zero-order valence-corrected chi connectivity index (χ0v) is 24.5. The molecule has 2 saturated carbocycles. The van der Waals surface area contributed by atoms with Crippen molar-refractivity contribution in [3.63, 3.8) is 0 Å². The first-order valence-electron chi connectivity index (χ1n) is 14.4. The van der Waals surface area contributed by atoms with Crippen molar-refractivity contribution >= 4 is 17.5 Å². The normalized spacial score (nSPS) is 36.6. The Kier molecular flexibility index (Phi) is 6.80. The van der Waals surface area contributed by atoms with E-state index < -0.39 is 63.9 Å². The average Bonchev–Trinajstić information content (AvgIpc) is 2.86. The molecule has 8 atom stereocenters. The number of amides is 1. The van der Waals surface area contributed by atoms with Crippen LogP contribution in [0, 0.1) is 34.5 Å². The summed E-state index contributed by atoms with van der Waals surface area (Å²) in [7, 11) is 0. The molecule has 3 aliphatic rings. The maximum atomic E-state index is 14.5. The molecular weight excluding hydrogens is 522 g/mol. The summed E-state index contributed by atoms with van der Waals surface area (Å²) in [6, 6.07) is 11.1. The summed E-state index contributed by atoms with van der Waals surface area (Å²) in [6.45, 7) is 11.2. The lowest BCUT2D eigenvalue weighted by atomic mass is 9.39. The Morgan fingerprint density at radius 3 is 2.20 bits per heavy atom. The van der Waals surface area contributed by atoms with Crippen LogP contribution in [-0.4, -0.2) is 55.7 Å². The van der Waals surface area contributed by atoms with E-state index in [1.807, 2.05) is 71.0 Å². The van der Waals surface area contributed by atoms with Crippen LogP contribution in [0.2, 0.25) is 0 Å². The van der Waals surface area contributed by atoms with Crippen molar-refractivity contribution in [2.75, 3.05) is 0 Å². The van der Waals surface area contributed by atoms with Gasteiger partial charge in [-0.2, -0.15) is 0 Å². The van der Waals surface area contributed by atoms with Crippen LogP contribution in [0.4, 0.5) is 0 Å². The Hall–Kier alpha value is -3.07. The number of Topliss-reactive ketones (excluding diaryl/α,β-unsaturated/α-hetero) is 2. The molecule has 8 heteroatoms.